The van der Waals surface area contributed by atoms with Gasteiger partial charge in [0.05, 0.1) is 12.1 Å². The lowest BCUT2D eigenvalue weighted by atomic mass is 9.72. The van der Waals surface area contributed by atoms with Crippen molar-refractivity contribution in [3.05, 3.63) is 70.7 Å². The lowest BCUT2D eigenvalue weighted by molar-refractivity contribution is -0.269. The number of pyridine rings is 1. The molecule has 4 rings (SSSR count). The van der Waals surface area contributed by atoms with Crippen LogP contribution in [0, 0.1) is 12.7 Å². The van der Waals surface area contributed by atoms with Crippen LogP contribution in [0.4, 0.5) is 17.6 Å². The highest BCUT2D eigenvalue weighted by molar-refractivity contribution is 5.82. The SMILES string of the molecule is Cc1ccc2c(CCC(O)(CC(C)(C)c3cc(F)cc4c3OCC4)C(F)(F)F)cccc2n1. The van der Waals surface area contributed by atoms with Gasteiger partial charge in [0.2, 0.25) is 0 Å². The number of halogens is 4. The summed E-state index contributed by atoms with van der Waals surface area (Å²) in [5.74, 6) is -0.0853. The maximum absolute atomic E-state index is 14.2. The average molecular weight is 461 g/mol. The van der Waals surface area contributed by atoms with Crippen LogP contribution in [0.3, 0.4) is 0 Å². The third-order valence-corrected chi connectivity index (χ3v) is 6.51. The van der Waals surface area contributed by atoms with Crippen molar-refractivity contribution >= 4 is 10.9 Å². The van der Waals surface area contributed by atoms with Gasteiger partial charge in [0.15, 0.2) is 5.60 Å². The van der Waals surface area contributed by atoms with Crippen molar-refractivity contribution in [2.75, 3.05) is 6.61 Å². The molecule has 1 aromatic heterocycles. The minimum absolute atomic E-state index is 0.0198. The Morgan fingerprint density at radius 1 is 1.09 bits per heavy atom. The van der Waals surface area contributed by atoms with E-state index in [1.165, 1.54) is 12.1 Å². The number of hydrogen-bond donors (Lipinski definition) is 1. The molecule has 1 unspecified atom stereocenters. The molecule has 1 N–H and O–H groups in total. The maximum Gasteiger partial charge on any atom is 0.417 e. The van der Waals surface area contributed by atoms with Crippen molar-refractivity contribution in [3.63, 3.8) is 0 Å². The first-order valence-electron chi connectivity index (χ1n) is 11.0. The Morgan fingerprint density at radius 3 is 2.58 bits per heavy atom. The van der Waals surface area contributed by atoms with Crippen molar-refractivity contribution in [2.45, 2.75) is 63.6 Å². The summed E-state index contributed by atoms with van der Waals surface area (Å²) in [5.41, 5.74) is -0.939. The minimum Gasteiger partial charge on any atom is -0.493 e. The molecular formula is C26H27F4NO2. The molecule has 1 atom stereocenters. The zero-order chi connectivity index (χ0) is 24.0. The van der Waals surface area contributed by atoms with Crippen LogP contribution in [0.15, 0.2) is 42.5 Å². The predicted molar refractivity (Wildman–Crippen MR) is 119 cm³/mol. The molecule has 3 nitrogen and oxygen atoms in total. The van der Waals surface area contributed by atoms with E-state index in [-0.39, 0.29) is 6.42 Å². The predicted octanol–water partition coefficient (Wildman–Crippen LogP) is 6.21. The third kappa shape index (κ3) is 4.56. The number of benzene rings is 2. The van der Waals surface area contributed by atoms with E-state index in [1.54, 1.807) is 26.0 Å². The Labute approximate surface area is 190 Å². The van der Waals surface area contributed by atoms with Crippen LogP contribution in [0.2, 0.25) is 0 Å². The van der Waals surface area contributed by atoms with Gasteiger partial charge in [-0.2, -0.15) is 13.2 Å². The monoisotopic (exact) mass is 461 g/mol. The Morgan fingerprint density at radius 2 is 1.85 bits per heavy atom. The van der Waals surface area contributed by atoms with Gasteiger partial charge in [-0.1, -0.05) is 32.0 Å². The first-order chi connectivity index (χ1) is 15.4. The molecule has 2 aromatic carbocycles. The average Bonchev–Trinajstić information content (AvgIpc) is 3.18. The highest BCUT2D eigenvalue weighted by Gasteiger charge is 2.55. The van der Waals surface area contributed by atoms with Gasteiger partial charge in [0.1, 0.15) is 11.6 Å². The molecular weight excluding hydrogens is 434 g/mol. The molecule has 7 heteroatoms. The first-order valence-corrected chi connectivity index (χ1v) is 11.0. The van der Waals surface area contributed by atoms with Crippen molar-refractivity contribution < 1.29 is 27.4 Å². The number of alkyl halides is 3. The van der Waals surface area contributed by atoms with Gasteiger partial charge in [-0.05, 0) is 61.4 Å². The molecule has 0 saturated heterocycles. The van der Waals surface area contributed by atoms with Crippen LogP contribution in [-0.4, -0.2) is 28.5 Å². The van der Waals surface area contributed by atoms with Gasteiger partial charge in [-0.15, -0.1) is 0 Å². The number of hydrogen-bond acceptors (Lipinski definition) is 3. The number of aromatic nitrogens is 1. The maximum atomic E-state index is 14.2. The Balaban J connectivity index is 1.65. The second kappa shape index (κ2) is 8.28. The zero-order valence-electron chi connectivity index (χ0n) is 18.9. The molecule has 0 amide bonds. The van der Waals surface area contributed by atoms with Crippen LogP contribution in [0.1, 0.15) is 49.1 Å². The summed E-state index contributed by atoms with van der Waals surface area (Å²) in [4.78, 5) is 4.44. The Hall–Kier alpha value is -2.67. The van der Waals surface area contributed by atoms with Gasteiger partial charge in [-0.3, -0.25) is 4.98 Å². The van der Waals surface area contributed by atoms with E-state index in [0.29, 0.717) is 41.0 Å². The topological polar surface area (TPSA) is 42.4 Å². The van der Waals surface area contributed by atoms with E-state index in [4.69, 9.17) is 4.74 Å². The van der Waals surface area contributed by atoms with E-state index in [2.05, 4.69) is 4.98 Å². The van der Waals surface area contributed by atoms with Gasteiger partial charge < -0.3 is 9.84 Å². The molecule has 0 spiro atoms. The van der Waals surface area contributed by atoms with E-state index >= 15 is 0 Å². The molecule has 0 saturated carbocycles. The van der Waals surface area contributed by atoms with Crippen LogP contribution < -0.4 is 4.74 Å². The number of fused-ring (bicyclic) bond motifs is 2. The second-order valence-corrected chi connectivity index (χ2v) is 9.57. The van der Waals surface area contributed by atoms with E-state index in [9.17, 15) is 22.7 Å². The first kappa shape index (κ1) is 23.5. The van der Waals surface area contributed by atoms with Crippen LogP contribution in [-0.2, 0) is 18.3 Å². The van der Waals surface area contributed by atoms with Crippen LogP contribution in [0.25, 0.3) is 10.9 Å². The molecule has 2 heterocycles. The highest BCUT2D eigenvalue weighted by Crippen LogP contribution is 2.47. The summed E-state index contributed by atoms with van der Waals surface area (Å²) in [5, 5.41) is 11.7. The molecule has 1 aliphatic rings. The van der Waals surface area contributed by atoms with E-state index in [1.807, 2.05) is 25.1 Å². The fraction of sp³-hybridized carbons (Fsp3) is 0.423. The fourth-order valence-corrected chi connectivity index (χ4v) is 4.81. The minimum atomic E-state index is -4.86. The lowest BCUT2D eigenvalue weighted by Gasteiger charge is -2.38. The van der Waals surface area contributed by atoms with E-state index < -0.39 is 35.9 Å². The molecule has 0 fully saturated rings. The summed E-state index contributed by atoms with van der Waals surface area (Å²) in [6, 6.07) is 11.6. The van der Waals surface area contributed by atoms with Crippen molar-refractivity contribution in [1.82, 2.24) is 4.98 Å². The number of nitrogens with zero attached hydrogens (tertiary/aromatic N) is 1. The molecule has 33 heavy (non-hydrogen) atoms. The molecule has 0 radical (unpaired) electrons. The summed E-state index contributed by atoms with van der Waals surface area (Å²) in [6.07, 6.45) is -5.47. The third-order valence-electron chi connectivity index (χ3n) is 6.51. The fourth-order valence-electron chi connectivity index (χ4n) is 4.81. The van der Waals surface area contributed by atoms with Crippen LogP contribution >= 0.6 is 0 Å². The zero-order valence-corrected chi connectivity index (χ0v) is 18.9. The number of ether oxygens (including phenoxy) is 1. The quantitative estimate of drug-likeness (QED) is 0.444. The number of rotatable bonds is 6. The largest absolute Gasteiger partial charge is 0.493 e. The van der Waals surface area contributed by atoms with Gasteiger partial charge in [0, 0.05) is 28.6 Å². The van der Waals surface area contributed by atoms with Crippen LogP contribution in [0.5, 0.6) is 5.75 Å². The molecule has 1 aliphatic heterocycles. The molecule has 0 bridgehead atoms. The Kier molecular flexibility index (Phi) is 5.89. The van der Waals surface area contributed by atoms with Crippen molar-refractivity contribution in [1.29, 1.82) is 0 Å². The summed E-state index contributed by atoms with van der Waals surface area (Å²) >= 11 is 0. The summed E-state index contributed by atoms with van der Waals surface area (Å²) in [7, 11) is 0. The van der Waals surface area contributed by atoms with Gasteiger partial charge >= 0.3 is 6.18 Å². The van der Waals surface area contributed by atoms with Gasteiger partial charge in [0.25, 0.3) is 0 Å². The Bertz CT molecular complexity index is 1190. The normalized spacial score (nSPS) is 15.9. The molecule has 3 aromatic rings. The van der Waals surface area contributed by atoms with Crippen molar-refractivity contribution in [3.8, 4) is 5.75 Å². The highest BCUT2D eigenvalue weighted by atomic mass is 19.4. The summed E-state index contributed by atoms with van der Waals surface area (Å²) < 4.78 is 62.5. The van der Waals surface area contributed by atoms with E-state index in [0.717, 1.165) is 11.1 Å². The lowest BCUT2D eigenvalue weighted by Crippen LogP contribution is -2.49. The number of aryl methyl sites for hydroxylation is 2. The smallest absolute Gasteiger partial charge is 0.417 e. The summed E-state index contributed by atoms with van der Waals surface area (Å²) in [6.45, 7) is 5.39. The second-order valence-electron chi connectivity index (χ2n) is 9.57. The van der Waals surface area contributed by atoms with Crippen molar-refractivity contribution in [2.24, 2.45) is 0 Å². The standard InChI is InChI=1S/C26H27F4NO2/c1-16-7-8-20-17(5-4-6-22(20)31-16)9-11-25(32,26(28,29)30)15-24(2,3)21-14-19(27)13-18-10-12-33-23(18)21/h4-8,13-14,32H,9-12,15H2,1-3H3. The molecule has 176 valence electrons. The molecule has 0 aliphatic carbocycles. The van der Waals surface area contributed by atoms with Gasteiger partial charge in [-0.25, -0.2) is 4.39 Å². The number of aliphatic hydroxyl groups is 1.